The number of fused-ring (bicyclic) bond motifs is 2. The fourth-order valence-electron chi connectivity index (χ4n) is 14.1. The molecule has 4 saturated heterocycles. The highest BCUT2D eigenvalue weighted by atomic mass is 32.3. The minimum atomic E-state index is -5.22. The third-order valence-corrected chi connectivity index (χ3v) is 21.4. The molecule has 6 fully saturated rings. The van der Waals surface area contributed by atoms with Gasteiger partial charge in [0.1, 0.15) is 40.2 Å². The lowest BCUT2D eigenvalue weighted by Crippen LogP contribution is -2.64. The zero-order valence-corrected chi connectivity index (χ0v) is 57.5. The number of nitrogens with zero attached hydrogens (tertiary/aromatic N) is 7. The summed E-state index contributed by atoms with van der Waals surface area (Å²) in [6, 6.07) is -0.109. The normalized spacial score (nSPS) is 28.5. The van der Waals surface area contributed by atoms with Crippen molar-refractivity contribution in [1.29, 1.82) is 0 Å². The lowest BCUT2D eigenvalue weighted by atomic mass is 9.82. The Kier molecular flexibility index (Phi) is 25.1. The highest BCUT2D eigenvalue weighted by Gasteiger charge is 2.50. The van der Waals surface area contributed by atoms with E-state index in [1.54, 1.807) is 0 Å². The van der Waals surface area contributed by atoms with Gasteiger partial charge in [-0.3, -0.25) is 38.1 Å². The highest BCUT2D eigenvalue weighted by Crippen LogP contribution is 2.39. The van der Waals surface area contributed by atoms with Gasteiger partial charge in [-0.25, -0.2) is 9.97 Å². The number of phenolic OH excluding ortho intramolecular Hbond substituents is 1. The fourth-order valence-corrected chi connectivity index (χ4v) is 15.5. The van der Waals surface area contributed by atoms with Gasteiger partial charge < -0.3 is 91.3 Å². The molecule has 0 unspecified atom stereocenters. The van der Waals surface area contributed by atoms with Gasteiger partial charge in [0, 0.05) is 88.0 Å². The number of aromatic nitrogens is 4. The Labute approximate surface area is 582 Å². The first kappa shape index (κ1) is 75.0. The van der Waals surface area contributed by atoms with Crippen LogP contribution in [-0.4, -0.2) is 251 Å². The number of β-amino-alcohol motifs (C(OH)–C–C–N with tert-alkyl or cyclic N) is 1. The number of benzene rings is 2. The summed E-state index contributed by atoms with van der Waals surface area (Å²) < 4.78 is 43.4. The van der Waals surface area contributed by atoms with Gasteiger partial charge in [0.15, 0.2) is 11.5 Å². The zero-order chi connectivity index (χ0) is 71.7. The predicted molar refractivity (Wildman–Crippen MR) is 359 cm³/mol. The molecule has 2 saturated carbocycles. The molecule has 10 rings (SSSR count). The van der Waals surface area contributed by atoms with E-state index in [-0.39, 0.29) is 36.6 Å². The maximum Gasteiger partial charge on any atom is 0.446 e. The van der Waals surface area contributed by atoms with E-state index in [2.05, 4.69) is 51.2 Å². The van der Waals surface area contributed by atoms with Crippen LogP contribution in [0, 0.1) is 11.8 Å². The van der Waals surface area contributed by atoms with Gasteiger partial charge in [0.2, 0.25) is 47.3 Å². The van der Waals surface area contributed by atoms with Crippen molar-refractivity contribution < 1.29 is 91.2 Å². The number of aliphatic hydroxyl groups excluding tert-OH is 6. The molecule has 13 atom stereocenters. The van der Waals surface area contributed by atoms with Crippen LogP contribution in [0.1, 0.15) is 120 Å². The molecule has 2 aromatic carbocycles. The van der Waals surface area contributed by atoms with Crippen LogP contribution in [0.2, 0.25) is 0 Å². The van der Waals surface area contributed by atoms with Crippen LogP contribution in [0.3, 0.4) is 0 Å². The zero-order valence-electron chi connectivity index (χ0n) is 55.9. The molecular weight excluding hydrogens is 1340 g/mol. The second kappa shape index (κ2) is 33.4. The van der Waals surface area contributed by atoms with Crippen molar-refractivity contribution in [2.45, 2.75) is 201 Å². The number of aliphatic hydroxyl groups is 6. The summed E-state index contributed by atoms with van der Waals surface area (Å²) >= 11 is 1.51. The molecule has 7 amide bonds. The first-order valence-electron chi connectivity index (χ1n) is 34.2. The van der Waals surface area contributed by atoms with Crippen molar-refractivity contribution in [2.24, 2.45) is 11.8 Å². The van der Waals surface area contributed by atoms with E-state index < -0.39 is 181 Å². The number of anilines is 1. The molecule has 6 heterocycles. The van der Waals surface area contributed by atoms with Crippen molar-refractivity contribution in [3.8, 4) is 33.2 Å². The molecular formula is C66H91N13O19S2. The molecule has 34 heteroatoms. The molecule has 0 spiro atoms. The van der Waals surface area contributed by atoms with Crippen LogP contribution in [-0.2, 0) is 55.1 Å². The molecule has 546 valence electrons. The molecule has 6 aliphatic rings. The number of nitrogens with one attached hydrogen (secondary N) is 6. The number of hydrogen-bond donors (Lipinski definition) is 14. The second-order valence-electron chi connectivity index (χ2n) is 27.2. The number of piperidine rings is 1. The number of phenols is 1. The number of carbonyl (C=O) groups excluding carboxylic acids is 7. The summed E-state index contributed by atoms with van der Waals surface area (Å²) in [4.78, 5) is 114. The number of ether oxygens (including phenoxy) is 1. The standard InChI is InChI=1S/C66H91N13O19S2/c1-34-32-79-56(57(34)87)61(91)69-31-42(81)25-46(68-28-36-9-12-39(13-10-36)62-75-76-63(99-62)40-16-14-38(15-17-40)41-29-70-66(71-30-41)77-21-19-45(20-22-77)97-44-7-5-4-6-8-44)58(88)72-53(35(2)80)64(92)78-33-43(82)26-47(78)59(89)73-54(60(90)74-55(65(79)93)50(85)27-52(86)67-3)49(84)23-37-11-18-48(83)51(24-37)98-100(94,95)96/h11,14-18,24,29-30,34-36,39,42-47,49-50,53-57,68,80-85,87H,4-10,12-13,19-23,25-28,31-33H2,1-3H3,(H,67,86)(H,69,91)(H,72,88)(H,73,89)(H,74,90)(H,94,95,96)/t34-,35+,36-,39-,42+,43+,46-,47-,49+,50+,53-,54-,55-,56-,57-/m0/s1. The van der Waals surface area contributed by atoms with Crippen molar-refractivity contribution >= 4 is 69.0 Å². The molecule has 2 aromatic heterocycles. The van der Waals surface area contributed by atoms with Crippen LogP contribution in [0.4, 0.5) is 5.95 Å². The van der Waals surface area contributed by atoms with E-state index in [4.69, 9.17) is 14.7 Å². The van der Waals surface area contributed by atoms with Crippen LogP contribution in [0.5, 0.6) is 11.5 Å². The van der Waals surface area contributed by atoms with E-state index in [9.17, 15) is 82.3 Å². The number of hydrogen-bond acceptors (Lipinski definition) is 25. The van der Waals surface area contributed by atoms with E-state index in [1.165, 1.54) is 51.5 Å². The van der Waals surface area contributed by atoms with Crippen LogP contribution in [0.15, 0.2) is 54.9 Å². The largest absolute Gasteiger partial charge is 0.504 e. The first-order valence-corrected chi connectivity index (χ1v) is 36.4. The van der Waals surface area contributed by atoms with Crippen molar-refractivity contribution in [3.63, 3.8) is 0 Å². The maximum absolute atomic E-state index is 14.8. The summed E-state index contributed by atoms with van der Waals surface area (Å²) in [6.07, 6.45) is 2.23. The number of carbonyl (C=O) groups is 7. The average Bonchev–Trinajstić information content (AvgIpc) is 1.62. The van der Waals surface area contributed by atoms with Crippen LogP contribution >= 0.6 is 11.3 Å². The smallest absolute Gasteiger partial charge is 0.446 e. The van der Waals surface area contributed by atoms with E-state index in [1.807, 2.05) is 36.7 Å². The third-order valence-electron chi connectivity index (χ3n) is 19.8. The average molecular weight is 1430 g/mol. The van der Waals surface area contributed by atoms with Crippen LogP contribution in [0.25, 0.3) is 21.7 Å². The van der Waals surface area contributed by atoms with Gasteiger partial charge in [-0.05, 0) is 100 Å². The van der Waals surface area contributed by atoms with Crippen molar-refractivity contribution in [2.75, 3.05) is 51.2 Å². The Balaban J connectivity index is 0.829. The molecule has 100 heavy (non-hydrogen) atoms. The van der Waals surface area contributed by atoms with Crippen molar-refractivity contribution in [1.82, 2.24) is 61.9 Å². The Morgan fingerprint density at radius 3 is 2.05 bits per heavy atom. The monoisotopic (exact) mass is 1430 g/mol. The molecule has 4 aromatic rings. The maximum atomic E-state index is 14.8. The lowest BCUT2D eigenvalue weighted by Gasteiger charge is -2.34. The number of rotatable bonds is 18. The Morgan fingerprint density at radius 1 is 0.730 bits per heavy atom. The summed E-state index contributed by atoms with van der Waals surface area (Å²) in [5, 5.41) is 105. The summed E-state index contributed by atoms with van der Waals surface area (Å²) in [7, 11) is -4.00. The Hall–Kier alpha value is -7.64. The van der Waals surface area contributed by atoms with Gasteiger partial charge in [-0.15, -0.1) is 10.2 Å². The topological polar surface area (TPSA) is 467 Å². The van der Waals surface area contributed by atoms with Gasteiger partial charge in [0.25, 0.3) is 0 Å². The van der Waals surface area contributed by atoms with Crippen molar-refractivity contribution in [3.05, 3.63) is 65.4 Å². The van der Waals surface area contributed by atoms with Crippen LogP contribution < -0.4 is 41.0 Å². The summed E-state index contributed by atoms with van der Waals surface area (Å²) in [5.41, 5.74) is 2.65. The molecule has 4 aliphatic heterocycles. The summed E-state index contributed by atoms with van der Waals surface area (Å²) in [6.45, 7) is 3.10. The highest BCUT2D eigenvalue weighted by molar-refractivity contribution is 7.81. The molecule has 32 nitrogen and oxygen atoms in total. The Bertz CT molecular complexity index is 3630. The number of aromatic hydroxyl groups is 1. The SMILES string of the molecule is CNC(=O)C[C@@H](O)[C@@H]1NC(=O)[C@H]([C@H](O)Cc2ccc(O)c(OS(=O)(=O)O)c2)NC(=O)[C@@H]2C[C@@H](O)CN2C(=O)[C@H]([C@@H](C)O)NC(=O)[C@@H](NC[C@H]2CC[C@H](c3nnc(-c4ccc(-c5cnc(N6CCC(OC7CCCCC7)CC6)nc5)cc4)s3)CC2)C[C@@H](O)CNC(=O)[C@@H]2[C@@H](O)[C@@H](C)CN2C1=O. The fraction of sp³-hybridized carbons (Fsp3) is 0.621. The van der Waals surface area contributed by atoms with Gasteiger partial charge in [0.05, 0.1) is 61.3 Å². The minimum Gasteiger partial charge on any atom is -0.504 e. The third kappa shape index (κ3) is 18.9. The number of amides is 7. The van der Waals surface area contributed by atoms with E-state index in [0.29, 0.717) is 24.9 Å². The quantitative estimate of drug-likeness (QED) is 0.0536. The summed E-state index contributed by atoms with van der Waals surface area (Å²) in [5.74, 6) is -9.41. The molecule has 0 bridgehead atoms. The predicted octanol–water partition coefficient (Wildman–Crippen LogP) is -0.914. The first-order chi connectivity index (χ1) is 47.7. The van der Waals surface area contributed by atoms with E-state index in [0.717, 1.165) is 106 Å². The second-order valence-corrected chi connectivity index (χ2v) is 29.2. The van der Waals surface area contributed by atoms with Gasteiger partial charge >= 0.3 is 10.4 Å². The van der Waals surface area contributed by atoms with E-state index >= 15 is 0 Å². The minimum absolute atomic E-state index is 0.0178. The lowest BCUT2D eigenvalue weighted by molar-refractivity contribution is -0.147. The molecule has 2 aliphatic carbocycles. The molecule has 0 radical (unpaired) electrons. The molecule has 14 N–H and O–H groups in total. The Morgan fingerprint density at radius 2 is 1.38 bits per heavy atom. The van der Waals surface area contributed by atoms with Gasteiger partial charge in [-0.2, -0.15) is 8.42 Å². The van der Waals surface area contributed by atoms with Gasteiger partial charge in [-0.1, -0.05) is 67.9 Å².